The number of nitrogens with one attached hydrogen (secondary N) is 2. The van der Waals surface area contributed by atoms with Gasteiger partial charge in [0.25, 0.3) is 5.91 Å². The van der Waals surface area contributed by atoms with Crippen molar-refractivity contribution in [3.63, 3.8) is 0 Å². The highest BCUT2D eigenvalue weighted by atomic mass is 35.5. The van der Waals surface area contributed by atoms with Crippen LogP contribution in [0.3, 0.4) is 0 Å². The lowest BCUT2D eigenvalue weighted by Gasteiger charge is -2.09. The van der Waals surface area contributed by atoms with Crippen molar-refractivity contribution in [1.82, 2.24) is 10.6 Å². The van der Waals surface area contributed by atoms with Crippen LogP contribution in [0.25, 0.3) is 0 Å². The van der Waals surface area contributed by atoms with Gasteiger partial charge in [0, 0.05) is 35.1 Å². The zero-order chi connectivity index (χ0) is 17.5. The van der Waals surface area contributed by atoms with Crippen molar-refractivity contribution in [2.45, 2.75) is 19.9 Å². The Morgan fingerprint density at radius 1 is 1.04 bits per heavy atom. The molecule has 0 aliphatic rings. The summed E-state index contributed by atoms with van der Waals surface area (Å²) in [7, 11) is 0. The summed E-state index contributed by atoms with van der Waals surface area (Å²) in [5.74, 6) is -0.340. The lowest BCUT2D eigenvalue weighted by atomic mass is 10.1. The molecule has 0 aliphatic heterocycles. The van der Waals surface area contributed by atoms with Crippen LogP contribution in [0.1, 0.15) is 27.9 Å². The predicted molar refractivity (Wildman–Crippen MR) is 96.4 cm³/mol. The largest absolute Gasteiger partial charge is 0.352 e. The van der Waals surface area contributed by atoms with Gasteiger partial charge in [0.2, 0.25) is 5.91 Å². The molecule has 24 heavy (non-hydrogen) atoms. The van der Waals surface area contributed by atoms with Crippen LogP contribution in [0.2, 0.25) is 10.0 Å². The molecule has 0 saturated heterocycles. The van der Waals surface area contributed by atoms with Crippen molar-refractivity contribution in [3.05, 3.63) is 69.2 Å². The third-order valence-electron chi connectivity index (χ3n) is 3.52. The first kappa shape index (κ1) is 18.3. The molecule has 0 saturated carbocycles. The molecule has 0 atom stereocenters. The van der Waals surface area contributed by atoms with Crippen molar-refractivity contribution < 1.29 is 9.59 Å². The highest BCUT2D eigenvalue weighted by Crippen LogP contribution is 2.20. The van der Waals surface area contributed by atoms with E-state index in [9.17, 15) is 9.59 Å². The van der Waals surface area contributed by atoms with Gasteiger partial charge in [-0.05, 0) is 36.2 Å². The van der Waals surface area contributed by atoms with Crippen LogP contribution in [-0.2, 0) is 11.3 Å². The van der Waals surface area contributed by atoms with Crippen LogP contribution in [0.4, 0.5) is 0 Å². The minimum Gasteiger partial charge on any atom is -0.352 e. The molecule has 2 rings (SSSR count). The Kier molecular flexibility index (Phi) is 6.64. The second kappa shape index (κ2) is 8.71. The van der Waals surface area contributed by atoms with E-state index in [0.717, 1.165) is 11.1 Å². The van der Waals surface area contributed by atoms with Crippen molar-refractivity contribution >= 4 is 35.0 Å². The van der Waals surface area contributed by atoms with Crippen LogP contribution in [0.5, 0.6) is 0 Å². The van der Waals surface area contributed by atoms with Gasteiger partial charge in [-0.15, -0.1) is 0 Å². The minimum atomic E-state index is -0.179. The van der Waals surface area contributed by atoms with Gasteiger partial charge in [0.1, 0.15) is 0 Å². The second-order valence-electron chi connectivity index (χ2n) is 5.33. The predicted octanol–water partition coefficient (Wildman–Crippen LogP) is 3.74. The topological polar surface area (TPSA) is 58.2 Å². The first-order chi connectivity index (χ1) is 11.5. The quantitative estimate of drug-likeness (QED) is 0.820. The molecule has 2 amide bonds. The molecule has 2 N–H and O–H groups in total. The third kappa shape index (κ3) is 5.25. The van der Waals surface area contributed by atoms with Crippen molar-refractivity contribution in [1.29, 1.82) is 0 Å². The Labute approximate surface area is 151 Å². The number of carbonyl (C=O) groups is 2. The summed E-state index contributed by atoms with van der Waals surface area (Å²) in [6, 6.07) is 12.4. The average molecular weight is 365 g/mol. The highest BCUT2D eigenvalue weighted by Gasteiger charge is 2.09. The monoisotopic (exact) mass is 364 g/mol. The van der Waals surface area contributed by atoms with Gasteiger partial charge in [-0.2, -0.15) is 0 Å². The molecular weight excluding hydrogens is 347 g/mol. The maximum Gasteiger partial charge on any atom is 0.251 e. The fraction of sp³-hybridized carbons (Fsp3) is 0.222. The molecule has 0 unspecified atom stereocenters. The number of carbonyl (C=O) groups excluding carboxylic acids is 2. The first-order valence-electron chi connectivity index (χ1n) is 7.52. The maximum absolute atomic E-state index is 12.0. The molecule has 2 aromatic rings. The Balaban J connectivity index is 1.75. The molecule has 0 bridgehead atoms. The fourth-order valence-corrected chi connectivity index (χ4v) is 2.64. The summed E-state index contributed by atoms with van der Waals surface area (Å²) in [6.07, 6.45) is 0.197. The van der Waals surface area contributed by atoms with Gasteiger partial charge < -0.3 is 10.6 Å². The molecule has 2 aromatic carbocycles. The minimum absolute atomic E-state index is 0.161. The zero-order valence-electron chi connectivity index (χ0n) is 13.2. The van der Waals surface area contributed by atoms with Gasteiger partial charge in [-0.25, -0.2) is 0 Å². The van der Waals surface area contributed by atoms with E-state index in [-0.39, 0.29) is 24.8 Å². The first-order valence-corrected chi connectivity index (χ1v) is 8.27. The highest BCUT2D eigenvalue weighted by molar-refractivity contribution is 6.35. The van der Waals surface area contributed by atoms with Crippen molar-refractivity contribution in [2.24, 2.45) is 0 Å². The normalized spacial score (nSPS) is 10.3. The van der Waals surface area contributed by atoms with E-state index in [1.54, 1.807) is 24.3 Å². The van der Waals surface area contributed by atoms with Gasteiger partial charge in [0.15, 0.2) is 0 Å². The molecule has 0 heterocycles. The summed E-state index contributed by atoms with van der Waals surface area (Å²) in [5, 5.41) is 6.57. The van der Waals surface area contributed by atoms with Crippen LogP contribution in [0, 0.1) is 6.92 Å². The molecular formula is C18H18Cl2N2O2. The van der Waals surface area contributed by atoms with E-state index >= 15 is 0 Å². The van der Waals surface area contributed by atoms with Crippen molar-refractivity contribution in [2.75, 3.05) is 6.54 Å². The molecule has 6 heteroatoms. The SMILES string of the molecule is Cc1ccccc1C(=O)NCCC(=O)NCc1ccc(Cl)cc1Cl. The van der Waals surface area contributed by atoms with E-state index in [1.807, 2.05) is 25.1 Å². The Bertz CT molecular complexity index is 748. The lowest BCUT2D eigenvalue weighted by Crippen LogP contribution is -2.30. The number of rotatable bonds is 6. The summed E-state index contributed by atoms with van der Waals surface area (Å²) in [6.45, 7) is 2.46. The Hall–Kier alpha value is -2.04. The van der Waals surface area contributed by atoms with Crippen molar-refractivity contribution in [3.8, 4) is 0 Å². The van der Waals surface area contributed by atoms with Gasteiger partial charge in [-0.1, -0.05) is 47.5 Å². The molecule has 126 valence electrons. The van der Waals surface area contributed by atoms with E-state index in [2.05, 4.69) is 10.6 Å². The van der Waals surface area contributed by atoms with Gasteiger partial charge >= 0.3 is 0 Å². The summed E-state index contributed by atoms with van der Waals surface area (Å²) in [5.41, 5.74) is 2.31. The standard InChI is InChI=1S/C18H18Cl2N2O2/c1-12-4-2-3-5-15(12)18(24)21-9-8-17(23)22-11-13-6-7-14(19)10-16(13)20/h2-7,10H,8-9,11H2,1H3,(H,21,24)(H,22,23). The van der Waals surface area contributed by atoms with Crippen LogP contribution in [-0.4, -0.2) is 18.4 Å². The average Bonchev–Trinajstić information content (AvgIpc) is 2.54. The number of benzene rings is 2. The Morgan fingerprint density at radius 2 is 1.79 bits per heavy atom. The van der Waals surface area contributed by atoms with E-state index in [0.29, 0.717) is 22.2 Å². The van der Waals surface area contributed by atoms with E-state index in [1.165, 1.54) is 0 Å². The third-order valence-corrected chi connectivity index (χ3v) is 4.11. The summed E-state index contributed by atoms with van der Waals surface area (Å²) < 4.78 is 0. The number of hydrogen-bond donors (Lipinski definition) is 2. The maximum atomic E-state index is 12.0. The van der Waals surface area contributed by atoms with Crippen LogP contribution >= 0.6 is 23.2 Å². The smallest absolute Gasteiger partial charge is 0.251 e. The van der Waals surface area contributed by atoms with E-state index < -0.39 is 0 Å². The number of hydrogen-bond acceptors (Lipinski definition) is 2. The molecule has 4 nitrogen and oxygen atoms in total. The number of halogens is 2. The molecule has 0 spiro atoms. The van der Waals surface area contributed by atoms with Gasteiger partial charge in [-0.3, -0.25) is 9.59 Å². The summed E-state index contributed by atoms with van der Waals surface area (Å²) >= 11 is 11.9. The molecule has 0 radical (unpaired) electrons. The molecule has 0 fully saturated rings. The van der Waals surface area contributed by atoms with Crippen LogP contribution in [0.15, 0.2) is 42.5 Å². The van der Waals surface area contributed by atoms with E-state index in [4.69, 9.17) is 23.2 Å². The summed E-state index contributed by atoms with van der Waals surface area (Å²) in [4.78, 5) is 23.9. The fourth-order valence-electron chi connectivity index (χ4n) is 2.16. The molecule has 0 aliphatic carbocycles. The lowest BCUT2D eigenvalue weighted by molar-refractivity contribution is -0.121. The zero-order valence-corrected chi connectivity index (χ0v) is 14.7. The number of amides is 2. The molecule has 0 aromatic heterocycles. The van der Waals surface area contributed by atoms with Crippen LogP contribution < -0.4 is 10.6 Å². The number of aryl methyl sites for hydroxylation is 1. The van der Waals surface area contributed by atoms with Gasteiger partial charge in [0.05, 0.1) is 0 Å². The second-order valence-corrected chi connectivity index (χ2v) is 6.18. The Morgan fingerprint density at radius 3 is 2.50 bits per heavy atom.